The van der Waals surface area contributed by atoms with Gasteiger partial charge in [0.2, 0.25) is 5.91 Å². The zero-order valence-electron chi connectivity index (χ0n) is 19.8. The third kappa shape index (κ3) is 5.87. The fourth-order valence-electron chi connectivity index (χ4n) is 4.35. The monoisotopic (exact) mass is 565 g/mol. The van der Waals surface area contributed by atoms with Crippen LogP contribution in [0.15, 0.2) is 59.2 Å². The molecule has 1 aromatic heterocycles. The molecule has 37 heavy (non-hydrogen) atoms. The number of likely N-dealkylation sites (tertiary alicyclic amines) is 1. The molecule has 1 fully saturated rings. The van der Waals surface area contributed by atoms with Gasteiger partial charge in [-0.15, -0.1) is 0 Å². The minimum atomic E-state index is -3.13. The molecular formula is C27H22BrF2N5O2. The van der Waals surface area contributed by atoms with Crippen molar-refractivity contribution in [2.75, 3.05) is 13.1 Å². The number of carbonyl (C=O) groups is 2. The summed E-state index contributed by atoms with van der Waals surface area (Å²) in [6, 6.07) is 17.3. The van der Waals surface area contributed by atoms with Crippen LogP contribution in [0, 0.1) is 29.6 Å². The molecule has 1 atom stereocenters. The summed E-state index contributed by atoms with van der Waals surface area (Å²) in [4.78, 5) is 26.3. The van der Waals surface area contributed by atoms with E-state index in [2.05, 4.69) is 27.3 Å². The number of carbonyl (C=O) groups excluding carboxylic acids is 2. The number of nitrogens with one attached hydrogen (secondary N) is 1. The predicted molar refractivity (Wildman–Crippen MR) is 136 cm³/mol. The van der Waals surface area contributed by atoms with Gasteiger partial charge in [-0.2, -0.15) is 10.5 Å². The van der Waals surface area contributed by atoms with Crippen molar-refractivity contribution in [3.63, 3.8) is 0 Å². The SMILES string of the molecule is Cc1cc(C#N)ccc1-c1cc(C(=O)NCC(=O)N2CC(F)(F)C[C@H]2C#N)cn1Cc1ccc(Br)cc1. The highest BCUT2D eigenvalue weighted by Crippen LogP contribution is 2.32. The molecule has 1 aliphatic rings. The highest BCUT2D eigenvalue weighted by Gasteiger charge is 2.47. The van der Waals surface area contributed by atoms with Crippen molar-refractivity contribution in [3.8, 4) is 23.4 Å². The number of aromatic nitrogens is 1. The van der Waals surface area contributed by atoms with Gasteiger partial charge in [0.15, 0.2) is 0 Å². The van der Waals surface area contributed by atoms with Crippen LogP contribution < -0.4 is 5.32 Å². The third-order valence-corrected chi connectivity index (χ3v) is 6.72. The standard InChI is InChI=1S/C27H22BrF2N5O2/c1-17-8-19(11-31)4-7-23(17)24-9-20(15-34(24)14-18-2-5-21(28)6-3-18)26(37)33-13-25(36)35-16-27(29,30)10-22(35)12-32/h2-9,15,22H,10,13-14,16H2,1H3,(H,33,37)/t22-/m0/s1. The van der Waals surface area contributed by atoms with Gasteiger partial charge in [-0.25, -0.2) is 8.78 Å². The molecule has 4 rings (SSSR count). The van der Waals surface area contributed by atoms with Gasteiger partial charge in [0.1, 0.15) is 6.04 Å². The van der Waals surface area contributed by atoms with Crippen LogP contribution in [-0.2, 0) is 11.3 Å². The number of hydrogen-bond donors (Lipinski definition) is 1. The first-order valence-electron chi connectivity index (χ1n) is 11.4. The number of benzene rings is 2. The predicted octanol–water partition coefficient (Wildman–Crippen LogP) is 4.64. The zero-order chi connectivity index (χ0) is 26.7. The number of halogens is 3. The molecule has 0 radical (unpaired) electrons. The van der Waals surface area contributed by atoms with E-state index in [0.29, 0.717) is 12.1 Å². The van der Waals surface area contributed by atoms with E-state index in [1.54, 1.807) is 30.5 Å². The van der Waals surface area contributed by atoms with E-state index in [-0.39, 0.29) is 5.56 Å². The Morgan fingerprint density at radius 3 is 2.54 bits per heavy atom. The summed E-state index contributed by atoms with van der Waals surface area (Å²) < 4.78 is 30.2. The summed E-state index contributed by atoms with van der Waals surface area (Å²) in [6.07, 6.45) is 0.951. The maximum atomic E-state index is 13.7. The lowest BCUT2D eigenvalue weighted by atomic mass is 10.0. The largest absolute Gasteiger partial charge is 0.343 e. The highest BCUT2D eigenvalue weighted by atomic mass is 79.9. The van der Waals surface area contributed by atoms with Gasteiger partial charge in [0.05, 0.1) is 36.4 Å². The summed E-state index contributed by atoms with van der Waals surface area (Å²) in [5, 5.41) is 20.8. The first-order valence-corrected chi connectivity index (χ1v) is 12.2. The van der Waals surface area contributed by atoms with Gasteiger partial charge in [-0.05, 0) is 48.4 Å². The number of hydrogen-bond acceptors (Lipinski definition) is 4. The summed E-state index contributed by atoms with van der Waals surface area (Å²) in [5.41, 5.74) is 4.23. The molecule has 10 heteroatoms. The summed E-state index contributed by atoms with van der Waals surface area (Å²) in [5.74, 6) is -4.41. The van der Waals surface area contributed by atoms with E-state index < -0.39 is 43.3 Å². The molecular weight excluding hydrogens is 544 g/mol. The van der Waals surface area contributed by atoms with Gasteiger partial charge in [-0.1, -0.05) is 34.1 Å². The molecule has 1 saturated heterocycles. The molecule has 3 aromatic rings. The second-order valence-corrected chi connectivity index (χ2v) is 9.83. The van der Waals surface area contributed by atoms with E-state index >= 15 is 0 Å². The van der Waals surface area contributed by atoms with Crippen LogP contribution in [0.5, 0.6) is 0 Å². The molecule has 7 nitrogen and oxygen atoms in total. The molecule has 2 aromatic carbocycles. The summed E-state index contributed by atoms with van der Waals surface area (Å²) >= 11 is 3.42. The summed E-state index contributed by atoms with van der Waals surface area (Å²) in [6.45, 7) is 0.992. The number of amides is 2. The Bertz CT molecular complexity index is 1440. The Balaban J connectivity index is 1.58. The fraction of sp³-hybridized carbons (Fsp3) is 0.259. The Morgan fingerprint density at radius 1 is 1.16 bits per heavy atom. The van der Waals surface area contributed by atoms with Crippen LogP contribution in [0.4, 0.5) is 8.78 Å². The second kappa shape index (κ2) is 10.5. The van der Waals surface area contributed by atoms with Gasteiger partial charge in [0.25, 0.3) is 11.8 Å². The normalized spacial score (nSPS) is 16.2. The lowest BCUT2D eigenvalue weighted by molar-refractivity contribution is -0.131. The Morgan fingerprint density at radius 2 is 1.89 bits per heavy atom. The van der Waals surface area contributed by atoms with Crippen molar-refractivity contribution in [2.24, 2.45) is 0 Å². The van der Waals surface area contributed by atoms with Crippen LogP contribution in [0.1, 0.15) is 33.5 Å². The second-order valence-electron chi connectivity index (χ2n) is 8.92. The van der Waals surface area contributed by atoms with Crippen LogP contribution in [0.25, 0.3) is 11.3 Å². The van der Waals surface area contributed by atoms with Crippen molar-refractivity contribution in [1.82, 2.24) is 14.8 Å². The zero-order valence-corrected chi connectivity index (χ0v) is 21.4. The fourth-order valence-corrected chi connectivity index (χ4v) is 4.62. The lowest BCUT2D eigenvalue weighted by Crippen LogP contribution is -2.42. The van der Waals surface area contributed by atoms with Crippen LogP contribution in [0.2, 0.25) is 0 Å². The van der Waals surface area contributed by atoms with Crippen molar-refractivity contribution >= 4 is 27.7 Å². The highest BCUT2D eigenvalue weighted by molar-refractivity contribution is 9.10. The molecule has 1 N–H and O–H groups in total. The van der Waals surface area contributed by atoms with E-state index in [1.165, 1.54) is 0 Å². The van der Waals surface area contributed by atoms with Crippen LogP contribution >= 0.6 is 15.9 Å². The van der Waals surface area contributed by atoms with Crippen molar-refractivity contribution in [3.05, 3.63) is 81.5 Å². The lowest BCUT2D eigenvalue weighted by Gasteiger charge is -2.19. The van der Waals surface area contributed by atoms with E-state index in [4.69, 9.17) is 5.26 Å². The average Bonchev–Trinajstić information content (AvgIpc) is 3.43. The number of nitriles is 2. The molecule has 0 aliphatic carbocycles. The number of nitrogens with zero attached hydrogens (tertiary/aromatic N) is 4. The maximum absolute atomic E-state index is 13.7. The minimum Gasteiger partial charge on any atom is -0.343 e. The van der Waals surface area contributed by atoms with Gasteiger partial charge in [-0.3, -0.25) is 9.59 Å². The minimum absolute atomic E-state index is 0.284. The number of rotatable bonds is 6. The molecule has 188 valence electrons. The van der Waals surface area contributed by atoms with E-state index in [9.17, 15) is 23.6 Å². The van der Waals surface area contributed by atoms with Gasteiger partial charge in [0, 0.05) is 34.9 Å². The average molecular weight is 566 g/mol. The first-order chi connectivity index (χ1) is 17.6. The van der Waals surface area contributed by atoms with Crippen molar-refractivity contribution in [1.29, 1.82) is 10.5 Å². The topological polar surface area (TPSA) is 102 Å². The molecule has 2 amide bonds. The molecule has 0 unspecified atom stereocenters. The number of alkyl halides is 2. The summed E-state index contributed by atoms with van der Waals surface area (Å²) in [7, 11) is 0. The van der Waals surface area contributed by atoms with Gasteiger partial charge >= 0.3 is 0 Å². The van der Waals surface area contributed by atoms with E-state index in [0.717, 1.165) is 31.8 Å². The maximum Gasteiger partial charge on any atom is 0.268 e. The first kappa shape index (κ1) is 26.1. The molecule has 2 heterocycles. The van der Waals surface area contributed by atoms with Crippen molar-refractivity contribution in [2.45, 2.75) is 31.9 Å². The molecule has 1 aliphatic heterocycles. The quantitative estimate of drug-likeness (QED) is 0.470. The Kier molecular flexibility index (Phi) is 7.42. The smallest absolute Gasteiger partial charge is 0.268 e. The Labute approximate surface area is 221 Å². The van der Waals surface area contributed by atoms with Gasteiger partial charge < -0.3 is 14.8 Å². The van der Waals surface area contributed by atoms with Crippen molar-refractivity contribution < 1.29 is 18.4 Å². The number of aryl methyl sites for hydroxylation is 1. The molecule has 0 spiro atoms. The third-order valence-electron chi connectivity index (χ3n) is 6.20. The van der Waals surface area contributed by atoms with E-state index in [1.807, 2.05) is 41.8 Å². The molecule has 0 saturated carbocycles. The van der Waals surface area contributed by atoms with Crippen LogP contribution in [0.3, 0.4) is 0 Å². The van der Waals surface area contributed by atoms with Crippen LogP contribution in [-0.4, -0.2) is 46.3 Å². The Hall–Kier alpha value is -4.02. The molecule has 0 bridgehead atoms.